The van der Waals surface area contributed by atoms with Gasteiger partial charge in [-0.15, -0.1) is 0 Å². The zero-order chi connectivity index (χ0) is 15.1. The largest absolute Gasteiger partial charge is 0.347 e. The highest BCUT2D eigenvalue weighted by Gasteiger charge is 2.45. The molecule has 116 valence electrons. The van der Waals surface area contributed by atoms with E-state index in [4.69, 9.17) is 9.47 Å². The van der Waals surface area contributed by atoms with Crippen LogP contribution in [-0.2, 0) is 9.47 Å². The van der Waals surface area contributed by atoms with E-state index in [0.717, 1.165) is 32.1 Å². The van der Waals surface area contributed by atoms with Gasteiger partial charge in [0.1, 0.15) is 0 Å². The monoisotopic (exact) mass is 281 g/mol. The van der Waals surface area contributed by atoms with Crippen LogP contribution in [-0.4, -0.2) is 17.5 Å². The number of nitrogens with zero attached hydrogens (tertiary/aromatic N) is 1. The van der Waals surface area contributed by atoms with Crippen molar-refractivity contribution in [3.63, 3.8) is 0 Å². The van der Waals surface area contributed by atoms with E-state index in [9.17, 15) is 5.26 Å². The van der Waals surface area contributed by atoms with Crippen LogP contribution in [0.2, 0.25) is 0 Å². The number of ether oxygens (including phenoxy) is 2. The Kier molecular flexibility index (Phi) is 6.99. The van der Waals surface area contributed by atoms with E-state index >= 15 is 0 Å². The first-order valence-electron chi connectivity index (χ1n) is 8.26. The predicted octanol–water partition coefficient (Wildman–Crippen LogP) is 4.95. The second-order valence-electron chi connectivity index (χ2n) is 6.50. The molecule has 0 amide bonds. The zero-order valence-electron chi connectivity index (χ0n) is 13.7. The van der Waals surface area contributed by atoms with E-state index in [1.165, 1.54) is 25.7 Å². The summed E-state index contributed by atoms with van der Waals surface area (Å²) in [6.07, 6.45) is 9.84. The minimum Gasteiger partial charge on any atom is -0.347 e. The van der Waals surface area contributed by atoms with E-state index in [2.05, 4.69) is 19.9 Å². The highest BCUT2D eigenvalue weighted by Crippen LogP contribution is 2.38. The number of hydrogen-bond donors (Lipinski definition) is 0. The molecule has 0 radical (unpaired) electrons. The van der Waals surface area contributed by atoms with Crippen molar-refractivity contribution < 1.29 is 9.47 Å². The average Bonchev–Trinajstić information content (AvgIpc) is 2.40. The van der Waals surface area contributed by atoms with Gasteiger partial charge in [0.2, 0.25) is 0 Å². The maximum Gasteiger partial charge on any atom is 0.165 e. The summed E-state index contributed by atoms with van der Waals surface area (Å²) in [6.45, 7) is 8.24. The molecule has 0 unspecified atom stereocenters. The Balaban J connectivity index is 2.61. The molecule has 0 bridgehead atoms. The molecule has 2 atom stereocenters. The lowest BCUT2D eigenvalue weighted by atomic mass is 9.88. The van der Waals surface area contributed by atoms with Crippen LogP contribution < -0.4 is 0 Å². The summed E-state index contributed by atoms with van der Waals surface area (Å²) < 4.78 is 12.0. The molecule has 1 aliphatic heterocycles. The van der Waals surface area contributed by atoms with Crippen molar-refractivity contribution in [2.24, 2.45) is 0 Å². The minimum absolute atomic E-state index is 0.159. The molecule has 1 saturated heterocycles. The highest BCUT2D eigenvalue weighted by atomic mass is 16.7. The summed E-state index contributed by atoms with van der Waals surface area (Å²) in [6, 6.07) is 2.44. The molecule has 1 aliphatic rings. The topological polar surface area (TPSA) is 42.2 Å². The summed E-state index contributed by atoms with van der Waals surface area (Å²) in [4.78, 5) is 0. The minimum atomic E-state index is -0.646. The van der Waals surface area contributed by atoms with Crippen LogP contribution in [0.1, 0.15) is 85.5 Å². The SMILES string of the molecule is CCCCCC[C@@H]1C[C@](C#N)(CCCC)OC(C)(C)O1. The fourth-order valence-electron chi connectivity index (χ4n) is 3.05. The standard InChI is InChI=1S/C17H31NO2/c1-5-7-9-10-11-15-13-17(14-18,12-8-6-2)20-16(3,4)19-15/h15H,5-13H2,1-4H3/t15-,17+/m1/s1. The van der Waals surface area contributed by atoms with Gasteiger partial charge in [-0.2, -0.15) is 5.26 Å². The van der Waals surface area contributed by atoms with E-state index in [0.29, 0.717) is 0 Å². The van der Waals surface area contributed by atoms with Gasteiger partial charge < -0.3 is 9.47 Å². The molecule has 20 heavy (non-hydrogen) atoms. The molecule has 0 N–H and O–H groups in total. The summed E-state index contributed by atoms with van der Waals surface area (Å²) in [7, 11) is 0. The third kappa shape index (κ3) is 5.42. The number of hydrogen-bond acceptors (Lipinski definition) is 3. The van der Waals surface area contributed by atoms with E-state index in [1.54, 1.807) is 0 Å². The van der Waals surface area contributed by atoms with Crippen molar-refractivity contribution in [1.29, 1.82) is 5.26 Å². The average molecular weight is 281 g/mol. The third-order valence-electron chi connectivity index (χ3n) is 3.97. The molecule has 1 rings (SSSR count). The van der Waals surface area contributed by atoms with Crippen molar-refractivity contribution in [3.8, 4) is 6.07 Å². The van der Waals surface area contributed by atoms with E-state index in [1.807, 2.05) is 13.8 Å². The van der Waals surface area contributed by atoms with Gasteiger partial charge >= 0.3 is 0 Å². The van der Waals surface area contributed by atoms with Crippen molar-refractivity contribution in [3.05, 3.63) is 0 Å². The second-order valence-corrected chi connectivity index (χ2v) is 6.50. The quantitative estimate of drug-likeness (QED) is 0.591. The Bertz CT molecular complexity index is 321. The van der Waals surface area contributed by atoms with Crippen molar-refractivity contribution in [2.45, 2.75) is 103 Å². The van der Waals surface area contributed by atoms with Gasteiger partial charge in [0.25, 0.3) is 0 Å². The first-order chi connectivity index (χ1) is 9.47. The molecule has 0 spiro atoms. The molecule has 3 heteroatoms. The smallest absolute Gasteiger partial charge is 0.165 e. The predicted molar refractivity (Wildman–Crippen MR) is 81.3 cm³/mol. The van der Waals surface area contributed by atoms with Gasteiger partial charge in [-0.1, -0.05) is 46.0 Å². The molecule has 0 aromatic carbocycles. The Morgan fingerprint density at radius 1 is 1.10 bits per heavy atom. The van der Waals surface area contributed by atoms with Crippen LogP contribution in [0, 0.1) is 11.3 Å². The normalized spacial score (nSPS) is 29.1. The van der Waals surface area contributed by atoms with Crippen molar-refractivity contribution >= 4 is 0 Å². The summed E-state index contributed by atoms with van der Waals surface area (Å²) in [5.41, 5.74) is -0.646. The van der Waals surface area contributed by atoms with Crippen LogP contribution in [0.3, 0.4) is 0 Å². The lowest BCUT2D eigenvalue weighted by Gasteiger charge is -2.45. The summed E-state index contributed by atoms with van der Waals surface area (Å²) in [5.74, 6) is -0.642. The molecule has 0 aliphatic carbocycles. The van der Waals surface area contributed by atoms with Gasteiger partial charge in [0, 0.05) is 6.42 Å². The number of nitriles is 1. The molecular weight excluding hydrogens is 250 g/mol. The van der Waals surface area contributed by atoms with Crippen molar-refractivity contribution in [1.82, 2.24) is 0 Å². The number of rotatable bonds is 8. The zero-order valence-corrected chi connectivity index (χ0v) is 13.7. The van der Waals surface area contributed by atoms with E-state index in [-0.39, 0.29) is 6.10 Å². The van der Waals surface area contributed by atoms with E-state index < -0.39 is 11.4 Å². The molecule has 1 fully saturated rings. The number of unbranched alkanes of at least 4 members (excludes halogenated alkanes) is 4. The highest BCUT2D eigenvalue weighted by molar-refractivity contribution is 5.06. The Hall–Kier alpha value is -0.590. The molecule has 0 aromatic heterocycles. The van der Waals surface area contributed by atoms with Gasteiger partial charge in [-0.3, -0.25) is 0 Å². The Morgan fingerprint density at radius 3 is 2.40 bits per heavy atom. The molecule has 0 saturated carbocycles. The van der Waals surface area contributed by atoms with Gasteiger partial charge in [-0.05, 0) is 33.1 Å². The Labute approximate surface area is 124 Å². The van der Waals surface area contributed by atoms with Crippen LogP contribution in [0.25, 0.3) is 0 Å². The van der Waals surface area contributed by atoms with Crippen LogP contribution in [0.5, 0.6) is 0 Å². The van der Waals surface area contributed by atoms with Crippen LogP contribution >= 0.6 is 0 Å². The molecular formula is C17H31NO2. The second kappa shape index (κ2) is 8.00. The fourth-order valence-corrected chi connectivity index (χ4v) is 3.05. The molecule has 3 nitrogen and oxygen atoms in total. The van der Waals surface area contributed by atoms with Gasteiger partial charge in [0.05, 0.1) is 12.2 Å². The maximum absolute atomic E-state index is 9.60. The fraction of sp³-hybridized carbons (Fsp3) is 0.941. The first-order valence-corrected chi connectivity index (χ1v) is 8.26. The van der Waals surface area contributed by atoms with Crippen LogP contribution in [0.4, 0.5) is 0 Å². The molecule has 1 heterocycles. The lowest BCUT2D eigenvalue weighted by Crippen LogP contribution is -2.51. The summed E-state index contributed by atoms with van der Waals surface area (Å²) in [5, 5.41) is 9.60. The van der Waals surface area contributed by atoms with Gasteiger partial charge in [-0.25, -0.2) is 0 Å². The first kappa shape index (κ1) is 17.5. The van der Waals surface area contributed by atoms with Crippen molar-refractivity contribution in [2.75, 3.05) is 0 Å². The summed E-state index contributed by atoms with van der Waals surface area (Å²) >= 11 is 0. The maximum atomic E-state index is 9.60. The lowest BCUT2D eigenvalue weighted by molar-refractivity contribution is -0.321. The van der Waals surface area contributed by atoms with Gasteiger partial charge in [0.15, 0.2) is 11.4 Å². The Morgan fingerprint density at radius 2 is 1.80 bits per heavy atom. The van der Waals surface area contributed by atoms with Crippen LogP contribution in [0.15, 0.2) is 0 Å². The third-order valence-corrected chi connectivity index (χ3v) is 3.97. The molecule has 0 aromatic rings.